The Morgan fingerprint density at radius 2 is 1.96 bits per heavy atom. The van der Waals surface area contributed by atoms with Gasteiger partial charge in [0.15, 0.2) is 0 Å². The first-order valence-electron chi connectivity index (χ1n) is 8.57. The number of carbonyl (C=O) groups excluding carboxylic acids is 1. The van der Waals surface area contributed by atoms with Crippen molar-refractivity contribution in [2.24, 2.45) is 0 Å². The molecule has 4 aromatic rings. The standard InChI is InChI=1S/C21H20N4O/c1-14-10-15(2)18-12-20(24-19(18)11-14)21(26)22-13-16-4-6-17(7-5-16)25-9-3-8-23-25/h3-12,24H,13H2,1-2H3,(H,22,26). The summed E-state index contributed by atoms with van der Waals surface area (Å²) >= 11 is 0. The molecule has 2 N–H and O–H groups in total. The summed E-state index contributed by atoms with van der Waals surface area (Å²) in [5.74, 6) is -0.102. The van der Waals surface area contributed by atoms with Crippen LogP contribution in [0.15, 0.2) is 60.9 Å². The molecule has 5 nitrogen and oxygen atoms in total. The van der Waals surface area contributed by atoms with Gasteiger partial charge in [0.1, 0.15) is 5.69 Å². The summed E-state index contributed by atoms with van der Waals surface area (Å²) in [4.78, 5) is 15.7. The van der Waals surface area contributed by atoms with Gasteiger partial charge in [-0.2, -0.15) is 5.10 Å². The zero-order valence-corrected chi connectivity index (χ0v) is 14.8. The summed E-state index contributed by atoms with van der Waals surface area (Å²) in [7, 11) is 0. The van der Waals surface area contributed by atoms with Crippen molar-refractivity contribution in [2.75, 3.05) is 0 Å². The van der Waals surface area contributed by atoms with Crippen LogP contribution >= 0.6 is 0 Å². The fourth-order valence-corrected chi connectivity index (χ4v) is 3.19. The molecular weight excluding hydrogens is 324 g/mol. The normalized spacial score (nSPS) is 11.0. The highest BCUT2D eigenvalue weighted by Crippen LogP contribution is 2.21. The molecule has 0 bridgehead atoms. The van der Waals surface area contributed by atoms with Gasteiger partial charge in [-0.15, -0.1) is 0 Å². The number of benzene rings is 2. The van der Waals surface area contributed by atoms with Crippen LogP contribution < -0.4 is 5.32 Å². The molecule has 4 rings (SSSR count). The molecule has 0 atom stereocenters. The molecule has 1 amide bonds. The molecule has 0 radical (unpaired) electrons. The van der Waals surface area contributed by atoms with Crippen molar-refractivity contribution in [3.8, 4) is 5.69 Å². The molecule has 0 saturated carbocycles. The lowest BCUT2D eigenvalue weighted by Gasteiger charge is -2.06. The number of rotatable bonds is 4. The number of hydrogen-bond donors (Lipinski definition) is 2. The largest absolute Gasteiger partial charge is 0.351 e. The predicted molar refractivity (Wildman–Crippen MR) is 103 cm³/mol. The second-order valence-corrected chi connectivity index (χ2v) is 6.53. The number of aryl methyl sites for hydroxylation is 2. The van der Waals surface area contributed by atoms with Gasteiger partial charge in [-0.05, 0) is 60.9 Å². The van der Waals surface area contributed by atoms with Crippen molar-refractivity contribution in [1.29, 1.82) is 0 Å². The number of nitrogens with one attached hydrogen (secondary N) is 2. The van der Waals surface area contributed by atoms with E-state index in [1.54, 1.807) is 10.9 Å². The van der Waals surface area contributed by atoms with Crippen LogP contribution in [0.3, 0.4) is 0 Å². The van der Waals surface area contributed by atoms with E-state index < -0.39 is 0 Å². The quantitative estimate of drug-likeness (QED) is 0.590. The van der Waals surface area contributed by atoms with Crippen molar-refractivity contribution >= 4 is 16.8 Å². The maximum absolute atomic E-state index is 12.5. The summed E-state index contributed by atoms with van der Waals surface area (Å²) in [5, 5.41) is 8.27. The lowest BCUT2D eigenvalue weighted by atomic mass is 10.1. The Hall–Kier alpha value is -3.34. The molecule has 0 unspecified atom stereocenters. The van der Waals surface area contributed by atoms with E-state index in [0.717, 1.165) is 22.2 Å². The van der Waals surface area contributed by atoms with Crippen LogP contribution in [0.25, 0.3) is 16.6 Å². The molecule has 130 valence electrons. The van der Waals surface area contributed by atoms with Crippen LogP contribution in [0.4, 0.5) is 0 Å². The number of amides is 1. The summed E-state index contributed by atoms with van der Waals surface area (Å²) in [6, 6.07) is 16.0. The first-order valence-corrected chi connectivity index (χ1v) is 8.57. The fourth-order valence-electron chi connectivity index (χ4n) is 3.19. The van der Waals surface area contributed by atoms with Crippen LogP contribution in [0.5, 0.6) is 0 Å². The minimum absolute atomic E-state index is 0.102. The van der Waals surface area contributed by atoms with Crippen LogP contribution in [-0.4, -0.2) is 20.7 Å². The SMILES string of the molecule is Cc1cc(C)c2cc(C(=O)NCc3ccc(-n4cccn4)cc3)[nH]c2c1. The van der Waals surface area contributed by atoms with Gasteiger partial charge < -0.3 is 10.3 Å². The first kappa shape index (κ1) is 16.1. The molecule has 5 heteroatoms. The van der Waals surface area contributed by atoms with Crippen molar-refractivity contribution in [1.82, 2.24) is 20.1 Å². The minimum atomic E-state index is -0.102. The van der Waals surface area contributed by atoms with E-state index in [4.69, 9.17) is 0 Å². The number of nitrogens with zero attached hydrogens (tertiary/aromatic N) is 2. The molecule has 0 aliphatic heterocycles. The fraction of sp³-hybridized carbons (Fsp3) is 0.143. The molecular formula is C21H20N4O. The molecule has 2 aromatic heterocycles. The van der Waals surface area contributed by atoms with Gasteiger partial charge in [-0.25, -0.2) is 4.68 Å². The molecule has 2 heterocycles. The van der Waals surface area contributed by atoms with E-state index in [1.807, 2.05) is 42.6 Å². The predicted octanol–water partition coefficient (Wildman–Crippen LogP) is 3.90. The Morgan fingerprint density at radius 1 is 1.15 bits per heavy atom. The van der Waals surface area contributed by atoms with Gasteiger partial charge in [-0.3, -0.25) is 4.79 Å². The molecule has 0 fully saturated rings. The highest BCUT2D eigenvalue weighted by Gasteiger charge is 2.11. The number of aromatic amines is 1. The minimum Gasteiger partial charge on any atom is -0.351 e. The Labute approximate surface area is 151 Å². The van der Waals surface area contributed by atoms with Crippen molar-refractivity contribution in [2.45, 2.75) is 20.4 Å². The van der Waals surface area contributed by atoms with E-state index in [9.17, 15) is 4.79 Å². The lowest BCUT2D eigenvalue weighted by molar-refractivity contribution is 0.0947. The topological polar surface area (TPSA) is 62.7 Å². The Bertz CT molecular complexity index is 1060. The average Bonchev–Trinajstić information content (AvgIpc) is 3.30. The molecule has 0 spiro atoms. The number of fused-ring (bicyclic) bond motifs is 1. The Balaban J connectivity index is 1.46. The van der Waals surface area contributed by atoms with Gasteiger partial charge in [0.05, 0.1) is 5.69 Å². The number of carbonyl (C=O) groups is 1. The highest BCUT2D eigenvalue weighted by molar-refractivity contribution is 5.98. The van der Waals surface area contributed by atoms with E-state index in [2.05, 4.69) is 41.4 Å². The third kappa shape index (κ3) is 3.11. The maximum Gasteiger partial charge on any atom is 0.267 e. The van der Waals surface area contributed by atoms with Crippen LogP contribution in [0.1, 0.15) is 27.2 Å². The molecule has 0 saturated heterocycles. The van der Waals surface area contributed by atoms with Crippen molar-refractivity contribution < 1.29 is 4.79 Å². The molecule has 2 aromatic carbocycles. The summed E-state index contributed by atoms with van der Waals surface area (Å²) in [6.45, 7) is 4.59. The molecule has 0 aliphatic carbocycles. The highest BCUT2D eigenvalue weighted by atomic mass is 16.1. The van der Waals surface area contributed by atoms with Crippen molar-refractivity contribution in [3.05, 3.63) is 83.3 Å². The maximum atomic E-state index is 12.5. The first-order chi connectivity index (χ1) is 12.6. The second kappa shape index (κ2) is 6.52. The summed E-state index contributed by atoms with van der Waals surface area (Å²) in [5.41, 5.74) is 5.97. The van der Waals surface area contributed by atoms with E-state index >= 15 is 0 Å². The van der Waals surface area contributed by atoms with Crippen LogP contribution in [0.2, 0.25) is 0 Å². The van der Waals surface area contributed by atoms with E-state index in [0.29, 0.717) is 12.2 Å². The second-order valence-electron chi connectivity index (χ2n) is 6.53. The van der Waals surface area contributed by atoms with Gasteiger partial charge in [0, 0.05) is 29.8 Å². The van der Waals surface area contributed by atoms with Crippen LogP contribution in [-0.2, 0) is 6.54 Å². The average molecular weight is 344 g/mol. The van der Waals surface area contributed by atoms with Crippen molar-refractivity contribution in [3.63, 3.8) is 0 Å². The third-order valence-electron chi connectivity index (χ3n) is 4.49. The number of aromatic nitrogens is 3. The van der Waals surface area contributed by atoms with E-state index in [-0.39, 0.29) is 5.91 Å². The summed E-state index contributed by atoms with van der Waals surface area (Å²) < 4.78 is 1.80. The van der Waals surface area contributed by atoms with Gasteiger partial charge in [-0.1, -0.05) is 18.2 Å². The number of hydrogen-bond acceptors (Lipinski definition) is 2. The smallest absolute Gasteiger partial charge is 0.267 e. The summed E-state index contributed by atoms with van der Waals surface area (Å²) in [6.07, 6.45) is 3.65. The van der Waals surface area contributed by atoms with Crippen LogP contribution in [0, 0.1) is 13.8 Å². The Kier molecular flexibility index (Phi) is 4.05. The van der Waals surface area contributed by atoms with Gasteiger partial charge in [0.25, 0.3) is 5.91 Å². The number of H-pyrrole nitrogens is 1. The Morgan fingerprint density at radius 3 is 2.69 bits per heavy atom. The van der Waals surface area contributed by atoms with Gasteiger partial charge in [0.2, 0.25) is 0 Å². The molecule has 0 aliphatic rings. The van der Waals surface area contributed by atoms with Gasteiger partial charge >= 0.3 is 0 Å². The molecule has 26 heavy (non-hydrogen) atoms. The van der Waals surface area contributed by atoms with E-state index in [1.165, 1.54) is 11.1 Å². The zero-order valence-electron chi connectivity index (χ0n) is 14.8. The third-order valence-corrected chi connectivity index (χ3v) is 4.49. The zero-order chi connectivity index (χ0) is 18.1. The monoisotopic (exact) mass is 344 g/mol. The lowest BCUT2D eigenvalue weighted by Crippen LogP contribution is -2.23.